The van der Waals surface area contributed by atoms with Crippen LogP contribution in [0.1, 0.15) is 13.8 Å². The Kier molecular flexibility index (Phi) is 3.04. The van der Waals surface area contributed by atoms with Gasteiger partial charge in [-0.3, -0.25) is 0 Å². The highest BCUT2D eigenvalue weighted by molar-refractivity contribution is 7.95. The summed E-state index contributed by atoms with van der Waals surface area (Å²) < 4.78 is 40.1. The number of esters is 1. The standard InChI is InChI=1S/C13H16O6S/c1-6(2)13(14)18-7(3)17-11-8-5-20(15,16)10-4-9(11)19-12(8)10/h4,7-9,11-12H,1,5H2,2-3H3. The molecular formula is C13H16O6S. The van der Waals surface area contributed by atoms with Crippen LogP contribution in [0, 0.1) is 5.92 Å². The van der Waals surface area contributed by atoms with E-state index in [9.17, 15) is 13.2 Å². The van der Waals surface area contributed by atoms with Crippen LogP contribution in [0.25, 0.3) is 0 Å². The summed E-state index contributed by atoms with van der Waals surface area (Å²) in [6.45, 7) is 6.64. The molecule has 0 saturated carbocycles. The smallest absolute Gasteiger partial charge is 0.335 e. The van der Waals surface area contributed by atoms with Crippen LogP contribution in [0.4, 0.5) is 0 Å². The van der Waals surface area contributed by atoms with Crippen LogP contribution in [0.5, 0.6) is 0 Å². The summed E-state index contributed by atoms with van der Waals surface area (Å²) in [4.78, 5) is 11.8. The Morgan fingerprint density at radius 2 is 2.25 bits per heavy atom. The minimum atomic E-state index is -3.20. The fraction of sp³-hybridized carbons (Fsp3) is 0.615. The first-order valence-electron chi connectivity index (χ1n) is 6.41. The maximum Gasteiger partial charge on any atom is 0.335 e. The second kappa shape index (κ2) is 4.41. The topological polar surface area (TPSA) is 78.9 Å². The van der Waals surface area contributed by atoms with Crippen LogP contribution in [0.15, 0.2) is 23.1 Å². The molecule has 0 N–H and O–H groups in total. The first kappa shape index (κ1) is 13.8. The van der Waals surface area contributed by atoms with Crippen molar-refractivity contribution in [3.05, 3.63) is 23.1 Å². The molecule has 6 nitrogen and oxygen atoms in total. The van der Waals surface area contributed by atoms with E-state index in [4.69, 9.17) is 14.2 Å². The van der Waals surface area contributed by atoms with Gasteiger partial charge in [0.05, 0.1) is 16.8 Å². The molecule has 0 aromatic heterocycles. The summed E-state index contributed by atoms with van der Waals surface area (Å²) in [5.74, 6) is -0.709. The molecule has 2 fully saturated rings. The average molecular weight is 300 g/mol. The van der Waals surface area contributed by atoms with E-state index in [0.717, 1.165) is 0 Å². The first-order chi connectivity index (χ1) is 9.29. The number of carbonyl (C=O) groups is 1. The number of rotatable bonds is 4. The van der Waals surface area contributed by atoms with Crippen molar-refractivity contribution < 1.29 is 27.4 Å². The monoisotopic (exact) mass is 300 g/mol. The second-order valence-electron chi connectivity index (χ2n) is 5.39. The van der Waals surface area contributed by atoms with Gasteiger partial charge >= 0.3 is 5.97 Å². The molecule has 3 aliphatic rings. The molecule has 5 atom stereocenters. The normalized spacial score (nSPS) is 37.6. The molecule has 0 aromatic carbocycles. The van der Waals surface area contributed by atoms with Gasteiger partial charge in [-0.2, -0.15) is 0 Å². The zero-order valence-electron chi connectivity index (χ0n) is 11.2. The zero-order valence-corrected chi connectivity index (χ0v) is 12.1. The Hall–Kier alpha value is -1.18. The molecule has 2 bridgehead atoms. The highest BCUT2D eigenvalue weighted by Crippen LogP contribution is 2.48. The van der Waals surface area contributed by atoms with Crippen LogP contribution in [0.2, 0.25) is 0 Å². The molecular weight excluding hydrogens is 284 g/mol. The van der Waals surface area contributed by atoms with Gasteiger partial charge in [-0.1, -0.05) is 6.58 Å². The van der Waals surface area contributed by atoms with Crippen molar-refractivity contribution in [3.63, 3.8) is 0 Å². The van der Waals surface area contributed by atoms with Crippen molar-refractivity contribution in [2.24, 2.45) is 5.92 Å². The van der Waals surface area contributed by atoms with E-state index in [1.54, 1.807) is 19.9 Å². The fourth-order valence-electron chi connectivity index (χ4n) is 2.92. The van der Waals surface area contributed by atoms with Gasteiger partial charge in [0.2, 0.25) is 6.29 Å². The Morgan fingerprint density at radius 1 is 1.55 bits per heavy atom. The first-order valence-corrected chi connectivity index (χ1v) is 8.06. The molecule has 0 radical (unpaired) electrons. The highest BCUT2D eigenvalue weighted by Gasteiger charge is 2.60. The van der Waals surface area contributed by atoms with Gasteiger partial charge in [0.1, 0.15) is 12.2 Å². The van der Waals surface area contributed by atoms with E-state index in [0.29, 0.717) is 4.91 Å². The highest BCUT2D eigenvalue weighted by atomic mass is 32.2. The van der Waals surface area contributed by atoms with Crippen LogP contribution in [-0.4, -0.2) is 44.7 Å². The minimum Gasteiger partial charge on any atom is -0.433 e. The van der Waals surface area contributed by atoms with Gasteiger partial charge in [-0.25, -0.2) is 13.2 Å². The lowest BCUT2D eigenvalue weighted by Crippen LogP contribution is -2.36. The maximum absolute atomic E-state index is 11.9. The van der Waals surface area contributed by atoms with Crippen LogP contribution >= 0.6 is 0 Å². The summed E-state index contributed by atoms with van der Waals surface area (Å²) in [6, 6.07) is 0. The van der Waals surface area contributed by atoms with E-state index >= 15 is 0 Å². The molecule has 5 unspecified atom stereocenters. The van der Waals surface area contributed by atoms with Crippen molar-refractivity contribution in [1.29, 1.82) is 0 Å². The second-order valence-corrected chi connectivity index (χ2v) is 7.42. The number of hydrogen-bond acceptors (Lipinski definition) is 6. The third-order valence-electron chi connectivity index (χ3n) is 3.79. The van der Waals surface area contributed by atoms with Gasteiger partial charge < -0.3 is 14.2 Å². The quantitative estimate of drug-likeness (QED) is 0.428. The van der Waals surface area contributed by atoms with Gasteiger partial charge in [-0.15, -0.1) is 0 Å². The predicted molar refractivity (Wildman–Crippen MR) is 69.3 cm³/mol. The fourth-order valence-corrected chi connectivity index (χ4v) is 4.91. The third-order valence-corrected chi connectivity index (χ3v) is 5.70. The zero-order chi connectivity index (χ0) is 14.7. The largest absolute Gasteiger partial charge is 0.433 e. The van der Waals surface area contributed by atoms with Gasteiger partial charge in [-0.05, 0) is 19.9 Å². The third kappa shape index (κ3) is 2.01. The Balaban J connectivity index is 1.68. The molecule has 3 aliphatic heterocycles. The molecule has 7 heteroatoms. The lowest BCUT2D eigenvalue weighted by Gasteiger charge is -2.24. The number of fused-ring (bicyclic) bond motifs is 1. The van der Waals surface area contributed by atoms with E-state index in [1.165, 1.54) is 0 Å². The number of ether oxygens (including phenoxy) is 3. The summed E-state index contributed by atoms with van der Waals surface area (Å²) in [5, 5.41) is 0. The molecule has 0 aromatic rings. The average Bonchev–Trinajstić information content (AvgIpc) is 2.92. The van der Waals surface area contributed by atoms with Crippen molar-refractivity contribution in [2.45, 2.75) is 38.4 Å². The van der Waals surface area contributed by atoms with Crippen molar-refractivity contribution in [1.82, 2.24) is 0 Å². The lowest BCUT2D eigenvalue weighted by molar-refractivity contribution is -0.186. The Labute approximate surface area is 117 Å². The molecule has 20 heavy (non-hydrogen) atoms. The minimum absolute atomic E-state index is 0.0336. The Morgan fingerprint density at radius 3 is 2.90 bits per heavy atom. The van der Waals surface area contributed by atoms with Crippen molar-refractivity contribution in [3.8, 4) is 0 Å². The summed E-state index contributed by atoms with van der Waals surface area (Å²) in [7, 11) is -3.20. The number of carbonyl (C=O) groups excluding carboxylic acids is 1. The van der Waals surface area contributed by atoms with Gasteiger partial charge in [0.25, 0.3) is 0 Å². The lowest BCUT2D eigenvalue weighted by atomic mass is 9.93. The van der Waals surface area contributed by atoms with Gasteiger partial charge in [0.15, 0.2) is 9.84 Å². The molecule has 0 spiro atoms. The molecule has 3 heterocycles. The SMILES string of the molecule is C=C(C)C(=O)OC(C)OC1C2C=C3C(O2)C1CS3(=O)=O. The van der Waals surface area contributed by atoms with Crippen LogP contribution in [-0.2, 0) is 28.8 Å². The van der Waals surface area contributed by atoms with E-state index in [2.05, 4.69) is 6.58 Å². The molecule has 0 aliphatic carbocycles. The number of sulfone groups is 1. The van der Waals surface area contributed by atoms with Crippen LogP contribution in [0.3, 0.4) is 0 Å². The Bertz CT molecular complexity index is 604. The molecule has 3 rings (SSSR count). The summed E-state index contributed by atoms with van der Waals surface area (Å²) >= 11 is 0. The van der Waals surface area contributed by atoms with E-state index in [-0.39, 0.29) is 29.5 Å². The number of hydrogen-bond donors (Lipinski definition) is 0. The molecule has 110 valence electrons. The predicted octanol–water partition coefficient (Wildman–Crippen LogP) is 0.546. The van der Waals surface area contributed by atoms with Crippen LogP contribution < -0.4 is 0 Å². The molecule has 0 amide bonds. The van der Waals surface area contributed by atoms with E-state index < -0.39 is 28.2 Å². The molecule has 2 saturated heterocycles. The van der Waals surface area contributed by atoms with Gasteiger partial charge in [0, 0.05) is 11.5 Å². The van der Waals surface area contributed by atoms with E-state index in [1.807, 2.05) is 0 Å². The summed E-state index contributed by atoms with van der Waals surface area (Å²) in [6.07, 6.45) is -0.315. The summed E-state index contributed by atoms with van der Waals surface area (Å²) in [5.41, 5.74) is 0.287. The maximum atomic E-state index is 11.9. The van der Waals surface area contributed by atoms with Crippen molar-refractivity contribution in [2.75, 3.05) is 5.75 Å². The van der Waals surface area contributed by atoms with Crippen molar-refractivity contribution >= 4 is 15.8 Å².